The van der Waals surface area contributed by atoms with Crippen LogP contribution in [-0.4, -0.2) is 18.1 Å². The normalized spacial score (nSPS) is 16.0. The Morgan fingerprint density at radius 2 is 1.95 bits per heavy atom. The fourth-order valence-electron chi connectivity index (χ4n) is 2.49. The summed E-state index contributed by atoms with van der Waals surface area (Å²) in [5.41, 5.74) is 5.06. The Bertz CT molecular complexity index is 705. The van der Waals surface area contributed by atoms with Crippen molar-refractivity contribution in [3.63, 3.8) is 0 Å². The minimum atomic E-state index is -4.61. The Labute approximate surface area is 128 Å². The summed E-state index contributed by atoms with van der Waals surface area (Å²) in [5, 5.41) is 0.941. The van der Waals surface area contributed by atoms with Gasteiger partial charge in [-0.3, -0.25) is 0 Å². The Balaban J connectivity index is 2.06. The number of nitrogen functional groups attached to an aromatic ring is 1. The SMILES string of the molecule is CC1CN(c2sc(N)nc2-c2cc(F)cc(C(F)(F)F)c2)C1. The zero-order chi connectivity index (χ0) is 16.1. The largest absolute Gasteiger partial charge is 0.416 e. The molecule has 1 saturated heterocycles. The van der Waals surface area contributed by atoms with Gasteiger partial charge in [-0.2, -0.15) is 13.2 Å². The molecule has 1 aromatic carbocycles. The molecule has 2 N–H and O–H groups in total. The van der Waals surface area contributed by atoms with Gasteiger partial charge >= 0.3 is 6.18 Å². The number of halogens is 4. The molecular formula is C14H13F4N3S. The number of nitrogens with zero attached hydrogens (tertiary/aromatic N) is 2. The van der Waals surface area contributed by atoms with Crippen LogP contribution in [-0.2, 0) is 6.18 Å². The van der Waals surface area contributed by atoms with Crippen molar-refractivity contribution in [3.8, 4) is 11.3 Å². The van der Waals surface area contributed by atoms with Gasteiger partial charge in [0.05, 0.1) is 5.56 Å². The summed E-state index contributed by atoms with van der Waals surface area (Å²) in [6, 6.07) is 2.44. The maximum absolute atomic E-state index is 13.6. The first kappa shape index (κ1) is 15.1. The number of hydrogen-bond donors (Lipinski definition) is 1. The van der Waals surface area contributed by atoms with Gasteiger partial charge in [0, 0.05) is 18.7 Å². The van der Waals surface area contributed by atoms with Gasteiger partial charge < -0.3 is 10.6 Å². The van der Waals surface area contributed by atoms with E-state index in [0.29, 0.717) is 22.7 Å². The molecule has 22 heavy (non-hydrogen) atoms. The van der Waals surface area contributed by atoms with Crippen molar-refractivity contribution in [3.05, 3.63) is 29.6 Å². The summed E-state index contributed by atoms with van der Waals surface area (Å²) in [7, 11) is 0. The number of benzene rings is 1. The average molecular weight is 331 g/mol. The van der Waals surface area contributed by atoms with Crippen LogP contribution in [0.2, 0.25) is 0 Å². The summed E-state index contributed by atoms with van der Waals surface area (Å²) in [5.74, 6) is -0.436. The van der Waals surface area contributed by atoms with Gasteiger partial charge in [0.15, 0.2) is 5.13 Å². The first-order valence-electron chi connectivity index (χ1n) is 6.63. The summed E-state index contributed by atoms with van der Waals surface area (Å²) in [6.45, 7) is 3.65. The smallest absolute Gasteiger partial charge is 0.375 e. The lowest BCUT2D eigenvalue weighted by atomic mass is 10.0. The summed E-state index contributed by atoms with van der Waals surface area (Å²) >= 11 is 1.20. The van der Waals surface area contributed by atoms with Crippen LogP contribution >= 0.6 is 11.3 Å². The van der Waals surface area contributed by atoms with Gasteiger partial charge in [-0.05, 0) is 24.1 Å². The van der Waals surface area contributed by atoms with E-state index in [1.807, 2.05) is 4.90 Å². The van der Waals surface area contributed by atoms with E-state index in [9.17, 15) is 17.6 Å². The Kier molecular flexibility index (Phi) is 3.51. The Morgan fingerprint density at radius 1 is 1.27 bits per heavy atom. The molecule has 1 aliphatic rings. The molecule has 2 heterocycles. The lowest BCUT2D eigenvalue weighted by Gasteiger charge is -2.38. The van der Waals surface area contributed by atoms with Crippen LogP contribution in [0.1, 0.15) is 12.5 Å². The van der Waals surface area contributed by atoms with E-state index in [0.717, 1.165) is 25.2 Å². The maximum Gasteiger partial charge on any atom is 0.416 e. The Morgan fingerprint density at radius 3 is 2.55 bits per heavy atom. The van der Waals surface area contributed by atoms with Crippen LogP contribution < -0.4 is 10.6 Å². The number of rotatable bonds is 2. The third-order valence-electron chi connectivity index (χ3n) is 3.48. The summed E-state index contributed by atoms with van der Waals surface area (Å²) in [6.07, 6.45) is -4.61. The van der Waals surface area contributed by atoms with Gasteiger partial charge in [0.1, 0.15) is 16.5 Å². The number of aromatic nitrogens is 1. The fourth-order valence-corrected chi connectivity index (χ4v) is 3.36. The number of alkyl halides is 3. The quantitative estimate of drug-likeness (QED) is 0.846. The molecule has 0 amide bonds. The van der Waals surface area contributed by atoms with E-state index in [1.165, 1.54) is 11.3 Å². The third-order valence-corrected chi connectivity index (χ3v) is 4.42. The van der Waals surface area contributed by atoms with E-state index < -0.39 is 17.6 Å². The summed E-state index contributed by atoms with van der Waals surface area (Å²) < 4.78 is 52.1. The molecule has 3 rings (SSSR count). The molecule has 0 aliphatic carbocycles. The van der Waals surface area contributed by atoms with Crippen LogP contribution in [0, 0.1) is 11.7 Å². The summed E-state index contributed by atoms with van der Waals surface area (Å²) in [4.78, 5) is 6.09. The van der Waals surface area contributed by atoms with Crippen LogP contribution in [0.4, 0.5) is 27.7 Å². The minimum absolute atomic E-state index is 0.0924. The molecule has 0 saturated carbocycles. The monoisotopic (exact) mass is 331 g/mol. The van der Waals surface area contributed by atoms with Gasteiger partial charge in [-0.25, -0.2) is 9.37 Å². The number of nitrogens with two attached hydrogens (primary N) is 1. The Hall–Kier alpha value is -1.83. The molecule has 0 unspecified atom stereocenters. The molecule has 0 atom stereocenters. The lowest BCUT2D eigenvalue weighted by Crippen LogP contribution is -2.44. The molecule has 3 nitrogen and oxygen atoms in total. The third kappa shape index (κ3) is 2.75. The molecule has 1 aromatic heterocycles. The molecule has 1 aliphatic heterocycles. The van der Waals surface area contributed by atoms with Crippen LogP contribution in [0.5, 0.6) is 0 Å². The van der Waals surface area contributed by atoms with Gasteiger partial charge in [0.2, 0.25) is 0 Å². The number of thiazole rings is 1. The van der Waals surface area contributed by atoms with Gasteiger partial charge in [-0.15, -0.1) is 0 Å². The average Bonchev–Trinajstić information content (AvgIpc) is 2.75. The molecule has 1 fully saturated rings. The van der Waals surface area contributed by atoms with Crippen molar-refractivity contribution in [2.45, 2.75) is 13.1 Å². The molecule has 2 aromatic rings. The molecule has 0 spiro atoms. The minimum Gasteiger partial charge on any atom is -0.375 e. The molecule has 118 valence electrons. The van der Waals surface area contributed by atoms with E-state index in [-0.39, 0.29) is 10.7 Å². The second kappa shape index (κ2) is 5.12. The van der Waals surface area contributed by atoms with Gasteiger partial charge in [-0.1, -0.05) is 18.3 Å². The highest BCUT2D eigenvalue weighted by Crippen LogP contribution is 2.42. The lowest BCUT2D eigenvalue weighted by molar-refractivity contribution is -0.137. The van der Waals surface area contributed by atoms with Crippen molar-refractivity contribution in [2.75, 3.05) is 23.7 Å². The van der Waals surface area contributed by atoms with Crippen molar-refractivity contribution < 1.29 is 17.6 Å². The molecular weight excluding hydrogens is 318 g/mol. The van der Waals surface area contributed by atoms with E-state index in [1.54, 1.807) is 0 Å². The fraction of sp³-hybridized carbons (Fsp3) is 0.357. The zero-order valence-electron chi connectivity index (χ0n) is 11.6. The zero-order valence-corrected chi connectivity index (χ0v) is 12.4. The first-order valence-corrected chi connectivity index (χ1v) is 7.45. The van der Waals surface area contributed by atoms with Gasteiger partial charge in [0.25, 0.3) is 0 Å². The number of hydrogen-bond acceptors (Lipinski definition) is 4. The van der Waals surface area contributed by atoms with E-state index in [4.69, 9.17) is 5.73 Å². The predicted octanol–water partition coefficient (Wildman–Crippen LogP) is 4.01. The van der Waals surface area contributed by atoms with Crippen LogP contribution in [0.25, 0.3) is 11.3 Å². The van der Waals surface area contributed by atoms with Crippen molar-refractivity contribution >= 4 is 21.5 Å². The second-order valence-corrected chi connectivity index (χ2v) is 6.45. The van der Waals surface area contributed by atoms with E-state index in [2.05, 4.69) is 11.9 Å². The van der Waals surface area contributed by atoms with Crippen molar-refractivity contribution in [1.82, 2.24) is 4.98 Å². The number of anilines is 2. The highest BCUT2D eigenvalue weighted by molar-refractivity contribution is 7.19. The topological polar surface area (TPSA) is 42.1 Å². The van der Waals surface area contributed by atoms with Crippen molar-refractivity contribution in [1.29, 1.82) is 0 Å². The van der Waals surface area contributed by atoms with E-state index >= 15 is 0 Å². The second-order valence-electron chi connectivity index (χ2n) is 5.44. The highest BCUT2D eigenvalue weighted by atomic mass is 32.1. The maximum atomic E-state index is 13.6. The standard InChI is InChI=1S/C14H13F4N3S/c1-7-5-21(6-7)12-11(20-13(19)22-12)8-2-9(14(16,17)18)4-10(15)3-8/h2-4,7H,5-6H2,1H3,(H2,19,20). The molecule has 8 heteroatoms. The van der Waals surface area contributed by atoms with Crippen LogP contribution in [0.3, 0.4) is 0 Å². The predicted molar refractivity (Wildman–Crippen MR) is 78.3 cm³/mol. The molecule has 0 bridgehead atoms. The first-order chi connectivity index (χ1) is 10.2. The highest BCUT2D eigenvalue weighted by Gasteiger charge is 2.33. The van der Waals surface area contributed by atoms with Crippen molar-refractivity contribution in [2.24, 2.45) is 5.92 Å². The molecule has 0 radical (unpaired) electrons. The van der Waals surface area contributed by atoms with Crippen LogP contribution in [0.15, 0.2) is 18.2 Å².